The summed E-state index contributed by atoms with van der Waals surface area (Å²) in [6.45, 7) is 2.78. The maximum atomic E-state index is 10.8. The second-order valence-corrected chi connectivity index (χ2v) is 2.71. The number of nitrogens with one attached hydrogen (secondary N) is 2. The van der Waals surface area contributed by atoms with Crippen LogP contribution in [0.25, 0.3) is 0 Å². The Bertz CT molecular complexity index is 179. The van der Waals surface area contributed by atoms with Crippen molar-refractivity contribution in [3.63, 3.8) is 0 Å². The first-order valence-electron chi connectivity index (χ1n) is 3.74. The highest BCUT2D eigenvalue weighted by molar-refractivity contribution is 5.78. The zero-order valence-electron chi connectivity index (χ0n) is 6.39. The van der Waals surface area contributed by atoms with Gasteiger partial charge in [-0.15, -0.1) is 6.42 Å². The molecule has 2 N–H and O–H groups in total. The van der Waals surface area contributed by atoms with Crippen molar-refractivity contribution in [1.29, 1.82) is 0 Å². The predicted octanol–water partition coefficient (Wildman–Crippen LogP) is -0.655. The van der Waals surface area contributed by atoms with Crippen molar-refractivity contribution >= 4 is 5.91 Å². The summed E-state index contributed by atoms with van der Waals surface area (Å²) in [6, 6.07) is 0. The summed E-state index contributed by atoms with van der Waals surface area (Å²) in [5.41, 5.74) is 0. The maximum Gasteiger partial charge on any atom is 0.232 e. The average molecular weight is 152 g/mol. The third kappa shape index (κ3) is 2.60. The molecule has 0 bridgehead atoms. The molecule has 0 spiro atoms. The molecule has 0 aromatic heterocycles. The van der Waals surface area contributed by atoms with Crippen LogP contribution in [-0.2, 0) is 4.79 Å². The van der Waals surface area contributed by atoms with Gasteiger partial charge in [0, 0.05) is 25.6 Å². The lowest BCUT2D eigenvalue weighted by Crippen LogP contribution is -2.48. The fourth-order valence-electron chi connectivity index (χ4n) is 0.906. The molecule has 1 heterocycles. The molecule has 1 rings (SSSR count). The van der Waals surface area contributed by atoms with Crippen molar-refractivity contribution in [3.8, 4) is 12.3 Å². The van der Waals surface area contributed by atoms with Crippen molar-refractivity contribution in [2.45, 2.75) is 6.42 Å². The topological polar surface area (TPSA) is 41.1 Å². The molecule has 3 heteroatoms. The lowest BCUT2D eigenvalue weighted by molar-refractivity contribution is -0.120. The molecule has 0 aromatic carbocycles. The molecule has 1 aliphatic heterocycles. The first-order valence-corrected chi connectivity index (χ1v) is 3.74. The second kappa shape index (κ2) is 3.99. The number of amides is 1. The molecule has 60 valence electrons. The van der Waals surface area contributed by atoms with Crippen LogP contribution in [0.2, 0.25) is 0 Å². The minimum atomic E-state index is -0.0422. The summed E-state index contributed by atoms with van der Waals surface area (Å²) in [5, 5.41) is 5.89. The normalized spacial score (nSPS) is 16.6. The number of terminal acetylenes is 1. The Morgan fingerprint density at radius 1 is 1.73 bits per heavy atom. The first-order chi connectivity index (χ1) is 5.33. The Kier molecular flexibility index (Phi) is 2.94. The number of hydrogen-bond acceptors (Lipinski definition) is 2. The van der Waals surface area contributed by atoms with E-state index in [9.17, 15) is 4.79 Å². The molecule has 1 aliphatic rings. The van der Waals surface area contributed by atoms with Gasteiger partial charge in [0.2, 0.25) is 5.91 Å². The summed E-state index contributed by atoms with van der Waals surface area (Å²) in [5.74, 6) is 2.87. The van der Waals surface area contributed by atoms with Crippen molar-refractivity contribution in [2.24, 2.45) is 5.92 Å². The molecule has 0 radical (unpaired) electrons. The molecule has 11 heavy (non-hydrogen) atoms. The van der Waals surface area contributed by atoms with Crippen LogP contribution >= 0.6 is 0 Å². The molecule has 1 fully saturated rings. The number of carbonyl (C=O) groups is 1. The molecule has 0 saturated carbocycles. The Morgan fingerprint density at radius 2 is 2.45 bits per heavy atom. The number of carbonyl (C=O) groups excluding carboxylic acids is 1. The van der Waals surface area contributed by atoms with E-state index in [0.29, 0.717) is 5.92 Å². The standard InChI is InChI=1S/C8H12N2O/c1-2-3-8(11)10-6-7-4-9-5-7/h1,7,9H,3-6H2,(H,10,11). The minimum Gasteiger partial charge on any atom is -0.355 e. The van der Waals surface area contributed by atoms with Gasteiger partial charge in [0.15, 0.2) is 0 Å². The second-order valence-electron chi connectivity index (χ2n) is 2.71. The number of hydrogen-bond donors (Lipinski definition) is 2. The van der Waals surface area contributed by atoms with Gasteiger partial charge in [0.25, 0.3) is 0 Å². The van der Waals surface area contributed by atoms with Crippen LogP contribution in [0.5, 0.6) is 0 Å². The summed E-state index contributed by atoms with van der Waals surface area (Å²) in [4.78, 5) is 10.8. The fourth-order valence-corrected chi connectivity index (χ4v) is 0.906. The monoisotopic (exact) mass is 152 g/mol. The van der Waals surface area contributed by atoms with Crippen molar-refractivity contribution < 1.29 is 4.79 Å². The van der Waals surface area contributed by atoms with E-state index in [2.05, 4.69) is 16.6 Å². The van der Waals surface area contributed by atoms with E-state index in [1.807, 2.05) is 0 Å². The average Bonchev–Trinajstić information content (AvgIpc) is 1.85. The van der Waals surface area contributed by atoms with Crippen LogP contribution in [-0.4, -0.2) is 25.5 Å². The molecular formula is C8H12N2O. The van der Waals surface area contributed by atoms with Crippen LogP contribution in [0.3, 0.4) is 0 Å². The van der Waals surface area contributed by atoms with Gasteiger partial charge in [-0.1, -0.05) is 5.92 Å². The molecule has 1 amide bonds. The molecule has 0 atom stereocenters. The summed E-state index contributed by atoms with van der Waals surface area (Å²) < 4.78 is 0. The third-order valence-electron chi connectivity index (χ3n) is 1.72. The van der Waals surface area contributed by atoms with Gasteiger partial charge >= 0.3 is 0 Å². The van der Waals surface area contributed by atoms with E-state index in [0.717, 1.165) is 19.6 Å². The number of rotatable bonds is 3. The van der Waals surface area contributed by atoms with Gasteiger partial charge in [-0.2, -0.15) is 0 Å². The van der Waals surface area contributed by atoms with E-state index >= 15 is 0 Å². The summed E-state index contributed by atoms with van der Waals surface area (Å²) in [7, 11) is 0. The molecule has 0 aromatic rings. The van der Waals surface area contributed by atoms with Crippen LogP contribution in [0, 0.1) is 18.3 Å². The summed E-state index contributed by atoms with van der Waals surface area (Å²) >= 11 is 0. The van der Waals surface area contributed by atoms with Crippen LogP contribution in [0.15, 0.2) is 0 Å². The highest BCUT2D eigenvalue weighted by atomic mass is 16.1. The highest BCUT2D eigenvalue weighted by Crippen LogP contribution is 1.99. The largest absolute Gasteiger partial charge is 0.355 e. The van der Waals surface area contributed by atoms with Gasteiger partial charge < -0.3 is 10.6 Å². The van der Waals surface area contributed by atoms with E-state index in [1.54, 1.807) is 0 Å². The first kappa shape index (κ1) is 8.09. The lowest BCUT2D eigenvalue weighted by Gasteiger charge is -2.26. The van der Waals surface area contributed by atoms with Gasteiger partial charge in [-0.3, -0.25) is 4.79 Å². The Labute approximate surface area is 66.5 Å². The minimum absolute atomic E-state index is 0.0422. The third-order valence-corrected chi connectivity index (χ3v) is 1.72. The van der Waals surface area contributed by atoms with Gasteiger partial charge in [0.1, 0.15) is 0 Å². The summed E-state index contributed by atoms with van der Waals surface area (Å²) in [6.07, 6.45) is 5.15. The Balaban J connectivity index is 2.02. The Morgan fingerprint density at radius 3 is 2.91 bits per heavy atom. The molecular weight excluding hydrogens is 140 g/mol. The van der Waals surface area contributed by atoms with Crippen LogP contribution in [0.4, 0.5) is 0 Å². The van der Waals surface area contributed by atoms with Gasteiger partial charge in [0.05, 0.1) is 6.42 Å². The fraction of sp³-hybridized carbons (Fsp3) is 0.625. The van der Waals surface area contributed by atoms with Crippen molar-refractivity contribution in [1.82, 2.24) is 10.6 Å². The SMILES string of the molecule is C#CCC(=O)NCC1CNC1. The van der Waals surface area contributed by atoms with E-state index in [4.69, 9.17) is 6.42 Å². The van der Waals surface area contributed by atoms with Gasteiger partial charge in [-0.25, -0.2) is 0 Å². The lowest BCUT2D eigenvalue weighted by atomic mass is 10.0. The Hall–Kier alpha value is -1.01. The molecule has 0 unspecified atom stereocenters. The van der Waals surface area contributed by atoms with Crippen LogP contribution in [0.1, 0.15) is 6.42 Å². The van der Waals surface area contributed by atoms with E-state index < -0.39 is 0 Å². The highest BCUT2D eigenvalue weighted by Gasteiger charge is 2.16. The van der Waals surface area contributed by atoms with E-state index in [1.165, 1.54) is 0 Å². The van der Waals surface area contributed by atoms with Crippen molar-refractivity contribution in [2.75, 3.05) is 19.6 Å². The molecule has 0 aliphatic carbocycles. The van der Waals surface area contributed by atoms with Gasteiger partial charge in [-0.05, 0) is 0 Å². The zero-order chi connectivity index (χ0) is 8.10. The van der Waals surface area contributed by atoms with Crippen LogP contribution < -0.4 is 10.6 Å². The zero-order valence-corrected chi connectivity index (χ0v) is 6.39. The molecule has 3 nitrogen and oxygen atoms in total. The smallest absolute Gasteiger partial charge is 0.232 e. The maximum absolute atomic E-state index is 10.8. The quantitative estimate of drug-likeness (QED) is 0.527. The van der Waals surface area contributed by atoms with Crippen molar-refractivity contribution in [3.05, 3.63) is 0 Å². The van der Waals surface area contributed by atoms with E-state index in [-0.39, 0.29) is 12.3 Å². The molecule has 1 saturated heterocycles. The predicted molar refractivity (Wildman–Crippen MR) is 42.8 cm³/mol.